The summed E-state index contributed by atoms with van der Waals surface area (Å²) in [4.78, 5) is 5.44. The average Bonchev–Trinajstić information content (AvgIpc) is 4.12. The van der Waals surface area contributed by atoms with Gasteiger partial charge in [0, 0.05) is 81.1 Å². The Hall–Kier alpha value is -7.87. The van der Waals surface area contributed by atoms with Crippen molar-refractivity contribution >= 4 is 116 Å². The second kappa shape index (κ2) is 14.8. The molecule has 335 valence electrons. The summed E-state index contributed by atoms with van der Waals surface area (Å²) in [6.07, 6.45) is 0. The lowest BCUT2D eigenvalue weighted by Gasteiger charge is -2.24. The Morgan fingerprint density at radius 2 is 1.24 bits per heavy atom. The Bertz CT molecular complexity index is 4290. The molecule has 0 amide bonds. The van der Waals surface area contributed by atoms with Gasteiger partial charge in [0.25, 0.3) is 0 Å². The summed E-state index contributed by atoms with van der Waals surface area (Å²) in [5.74, 6) is 0.911. The van der Waals surface area contributed by atoms with Crippen LogP contribution < -0.4 is 16.2 Å². The Morgan fingerprint density at radius 1 is 0.529 bits per heavy atom. The molecule has 1 aliphatic rings. The predicted octanol–water partition coefficient (Wildman–Crippen LogP) is 16.0. The highest BCUT2D eigenvalue weighted by atomic mass is 32.1. The van der Waals surface area contributed by atoms with E-state index in [9.17, 15) is 0 Å². The Balaban J connectivity index is 1.06. The van der Waals surface area contributed by atoms with Gasteiger partial charge in [-0.3, -0.25) is 4.57 Å². The quantitative estimate of drug-likeness (QED) is 0.175. The van der Waals surface area contributed by atoms with Crippen LogP contribution in [-0.2, 0) is 10.8 Å². The van der Waals surface area contributed by atoms with E-state index in [0.717, 1.165) is 89.0 Å². The highest BCUT2D eigenvalue weighted by Gasteiger charge is 2.30. The summed E-state index contributed by atoms with van der Waals surface area (Å²) >= 11 is 1.89. The lowest BCUT2D eigenvalue weighted by molar-refractivity contribution is 0.590. The lowest BCUT2D eigenvalue weighted by Crippen LogP contribution is -2.37. The Morgan fingerprint density at radius 3 is 2.03 bits per heavy atom. The topological polar surface area (TPSA) is 47.9 Å². The standard InChI is InChI=1S/C63H48BN4OS/c1-62(2,3)37-21-24-39(25-22-37)65-50-30-48-42-26-23-38(63(4,5)6)29-57(42)70-58(48)33-45(50)43-27-28-44-46-32-56-47(41-19-13-14-20-55(41)69-56)31-52(46)68-53-35-54-51(34-49(53)64-59(43)60(44)68)66-61(36-15-9-7-10-16-36)67(54)40-17-11-8-12-18-40/h7-35,65H,1-6H3. The van der Waals surface area contributed by atoms with Gasteiger partial charge in [0.2, 0.25) is 0 Å². The van der Waals surface area contributed by atoms with Gasteiger partial charge in [0.05, 0.1) is 16.6 Å². The van der Waals surface area contributed by atoms with E-state index in [2.05, 4.69) is 233 Å². The summed E-state index contributed by atoms with van der Waals surface area (Å²) < 4.78 is 14.0. The molecule has 5 nitrogen and oxygen atoms in total. The van der Waals surface area contributed by atoms with Crippen molar-refractivity contribution in [2.75, 3.05) is 5.32 Å². The number of imidazole rings is 1. The van der Waals surface area contributed by atoms with Crippen molar-refractivity contribution in [2.24, 2.45) is 0 Å². The van der Waals surface area contributed by atoms with E-state index in [0.29, 0.717) is 0 Å². The zero-order chi connectivity index (χ0) is 47.2. The van der Waals surface area contributed by atoms with E-state index in [4.69, 9.17) is 9.40 Å². The van der Waals surface area contributed by atoms with Crippen molar-refractivity contribution in [1.82, 2.24) is 14.1 Å². The monoisotopic (exact) mass is 919 g/mol. The molecular weight excluding hydrogens is 872 g/mol. The van der Waals surface area contributed by atoms with Crippen LogP contribution in [0.5, 0.6) is 0 Å². The van der Waals surface area contributed by atoms with E-state index in [1.165, 1.54) is 53.2 Å². The van der Waals surface area contributed by atoms with Gasteiger partial charge in [-0.15, -0.1) is 11.3 Å². The zero-order valence-electron chi connectivity index (χ0n) is 40.0. The molecule has 0 bridgehead atoms. The van der Waals surface area contributed by atoms with E-state index in [1.54, 1.807) is 0 Å². The number of hydrogen-bond donors (Lipinski definition) is 1. The molecule has 7 heteroatoms. The molecule has 0 atom stereocenters. The zero-order valence-corrected chi connectivity index (χ0v) is 40.8. The third-order valence-electron chi connectivity index (χ3n) is 14.7. The van der Waals surface area contributed by atoms with Crippen LogP contribution in [0.4, 0.5) is 11.4 Å². The minimum absolute atomic E-state index is 0.0498. The highest BCUT2D eigenvalue weighted by molar-refractivity contribution is 7.25. The fraction of sp³-hybridized carbons (Fsp3) is 0.127. The van der Waals surface area contributed by atoms with Gasteiger partial charge in [0.1, 0.15) is 17.0 Å². The summed E-state index contributed by atoms with van der Waals surface area (Å²) in [5, 5.41) is 11.1. The number of hydrogen-bond acceptors (Lipinski definition) is 4. The minimum atomic E-state index is 0.0498. The number of rotatable bonds is 5. The van der Waals surface area contributed by atoms with Gasteiger partial charge >= 0.3 is 0 Å². The van der Waals surface area contributed by atoms with Crippen molar-refractivity contribution in [2.45, 2.75) is 52.4 Å². The van der Waals surface area contributed by atoms with Gasteiger partial charge in [-0.2, -0.15) is 0 Å². The third kappa shape index (κ3) is 6.27. The second-order valence-electron chi connectivity index (χ2n) is 21.1. The maximum Gasteiger partial charge on any atom is 0.198 e. The smallest absolute Gasteiger partial charge is 0.198 e. The first-order valence-corrected chi connectivity index (χ1v) is 25.1. The molecule has 1 N–H and O–H groups in total. The molecular formula is C63H48BN4OS. The molecule has 0 unspecified atom stereocenters. The van der Waals surface area contributed by atoms with Crippen molar-refractivity contribution in [3.05, 3.63) is 187 Å². The number of nitrogens with zero attached hydrogens (tertiary/aromatic N) is 3. The normalized spacial score (nSPS) is 12.8. The number of thiophene rings is 1. The van der Waals surface area contributed by atoms with E-state index in [-0.39, 0.29) is 10.8 Å². The Labute approximate surface area is 410 Å². The fourth-order valence-corrected chi connectivity index (χ4v) is 12.2. The molecule has 5 heterocycles. The highest BCUT2D eigenvalue weighted by Crippen LogP contribution is 2.45. The maximum atomic E-state index is 6.58. The summed E-state index contributed by atoms with van der Waals surface area (Å²) in [6.45, 7) is 13.7. The summed E-state index contributed by atoms with van der Waals surface area (Å²) in [6, 6.07) is 64.4. The molecule has 0 saturated heterocycles. The van der Waals surface area contributed by atoms with Gasteiger partial charge in [-0.25, -0.2) is 4.98 Å². The fourth-order valence-electron chi connectivity index (χ4n) is 11.0. The molecule has 1 aliphatic heterocycles. The van der Waals surface area contributed by atoms with Crippen molar-refractivity contribution in [3.63, 3.8) is 0 Å². The Kier molecular flexibility index (Phi) is 8.71. The summed E-state index contributed by atoms with van der Waals surface area (Å²) in [7, 11) is 2.42. The third-order valence-corrected chi connectivity index (χ3v) is 15.8. The molecule has 14 rings (SSSR count). The second-order valence-corrected chi connectivity index (χ2v) is 22.2. The predicted molar refractivity (Wildman–Crippen MR) is 299 cm³/mol. The van der Waals surface area contributed by atoms with E-state index in [1.807, 2.05) is 17.4 Å². The number of nitrogens with one attached hydrogen (secondary N) is 1. The maximum absolute atomic E-state index is 6.58. The number of para-hydroxylation sites is 2. The first kappa shape index (κ1) is 41.1. The first-order valence-electron chi connectivity index (χ1n) is 24.3. The number of fused-ring (bicyclic) bond motifs is 12. The largest absolute Gasteiger partial charge is 0.456 e. The van der Waals surface area contributed by atoms with Crippen molar-refractivity contribution in [1.29, 1.82) is 0 Å². The van der Waals surface area contributed by atoms with Crippen molar-refractivity contribution in [3.8, 4) is 33.9 Å². The minimum Gasteiger partial charge on any atom is -0.456 e. The molecule has 4 aromatic heterocycles. The van der Waals surface area contributed by atoms with Crippen molar-refractivity contribution < 1.29 is 4.42 Å². The molecule has 70 heavy (non-hydrogen) atoms. The lowest BCUT2D eigenvalue weighted by atomic mass is 9.59. The molecule has 0 saturated carbocycles. The van der Waals surface area contributed by atoms with E-state index >= 15 is 0 Å². The van der Waals surface area contributed by atoms with Crippen LogP contribution in [0.2, 0.25) is 0 Å². The van der Waals surface area contributed by atoms with Crippen LogP contribution in [0.25, 0.3) is 109 Å². The first-order chi connectivity index (χ1) is 33.9. The van der Waals surface area contributed by atoms with Gasteiger partial charge < -0.3 is 14.3 Å². The molecule has 0 aliphatic carbocycles. The number of anilines is 2. The average molecular weight is 920 g/mol. The molecule has 13 aromatic rings. The number of furan rings is 1. The van der Waals surface area contributed by atoms with Gasteiger partial charge in [-0.05, 0) is 106 Å². The molecule has 1 radical (unpaired) electrons. The SMILES string of the molecule is CC(C)(C)c1ccc(Nc2cc3c(cc2-c2ccc4c5cc6oc7ccccc7c6cc5n5c4c2[B]c2cc4nc(-c6ccccc6)n(-c6ccccc6)c4cc2-5)sc2cc(C(C)(C)C)ccc23)cc1. The van der Waals surface area contributed by atoms with Gasteiger partial charge in [0.15, 0.2) is 7.28 Å². The van der Waals surface area contributed by atoms with Crippen LogP contribution in [0, 0.1) is 0 Å². The molecule has 0 fully saturated rings. The number of aromatic nitrogens is 3. The van der Waals surface area contributed by atoms with Crippen LogP contribution in [0.3, 0.4) is 0 Å². The van der Waals surface area contributed by atoms with Crippen LogP contribution >= 0.6 is 11.3 Å². The van der Waals surface area contributed by atoms with Gasteiger partial charge in [-0.1, -0.05) is 150 Å². The summed E-state index contributed by atoms with van der Waals surface area (Å²) in [5.41, 5.74) is 18.8. The molecule has 9 aromatic carbocycles. The van der Waals surface area contributed by atoms with Crippen LogP contribution in [-0.4, -0.2) is 21.4 Å². The van der Waals surface area contributed by atoms with Crippen LogP contribution in [0.1, 0.15) is 52.7 Å². The van der Waals surface area contributed by atoms with Crippen LogP contribution in [0.15, 0.2) is 180 Å². The van der Waals surface area contributed by atoms with E-state index < -0.39 is 0 Å². The molecule has 0 spiro atoms. The number of benzene rings is 9.